The average Bonchev–Trinajstić information content (AvgIpc) is 3.20. The third-order valence-corrected chi connectivity index (χ3v) is 7.46. The number of anilines is 2. The van der Waals surface area contributed by atoms with E-state index in [1.165, 1.54) is 4.90 Å². The first-order chi connectivity index (χ1) is 18.3. The second kappa shape index (κ2) is 10.3. The number of piperazine rings is 1. The summed E-state index contributed by atoms with van der Waals surface area (Å²) in [5.74, 6) is -0.917. The number of hydrogen-bond acceptors (Lipinski definition) is 7. The van der Waals surface area contributed by atoms with Crippen LogP contribution in [0.3, 0.4) is 0 Å². The van der Waals surface area contributed by atoms with E-state index in [1.54, 1.807) is 37.7 Å². The maximum atomic E-state index is 13.5. The zero-order valence-electron chi connectivity index (χ0n) is 22.1. The third-order valence-electron chi connectivity index (χ3n) is 7.46. The summed E-state index contributed by atoms with van der Waals surface area (Å²) in [6.07, 6.45) is 3.24. The molecule has 8 heteroatoms. The zero-order chi connectivity index (χ0) is 27.0. The molecule has 2 aliphatic rings. The molecular weight excluding hydrogens is 480 g/mol. The molecule has 1 amide bonds. The van der Waals surface area contributed by atoms with E-state index in [4.69, 9.17) is 4.74 Å². The van der Waals surface area contributed by atoms with Gasteiger partial charge < -0.3 is 19.6 Å². The molecule has 38 heavy (non-hydrogen) atoms. The van der Waals surface area contributed by atoms with Crippen LogP contribution in [0.1, 0.15) is 28.3 Å². The van der Waals surface area contributed by atoms with E-state index >= 15 is 0 Å². The van der Waals surface area contributed by atoms with Crippen molar-refractivity contribution in [2.75, 3.05) is 50.1 Å². The van der Waals surface area contributed by atoms with E-state index in [0.717, 1.165) is 43.0 Å². The molecule has 1 aromatic heterocycles. The van der Waals surface area contributed by atoms with Crippen LogP contribution in [-0.4, -0.2) is 67.0 Å². The number of aryl methyl sites for hydroxylation is 2. The molecule has 5 rings (SSSR count). The van der Waals surface area contributed by atoms with Crippen molar-refractivity contribution in [2.24, 2.45) is 0 Å². The molecule has 2 saturated heterocycles. The van der Waals surface area contributed by atoms with Gasteiger partial charge in [-0.05, 0) is 86.1 Å². The number of methoxy groups -OCH3 is 1. The fourth-order valence-corrected chi connectivity index (χ4v) is 5.26. The first kappa shape index (κ1) is 25.5. The monoisotopic (exact) mass is 512 g/mol. The summed E-state index contributed by atoms with van der Waals surface area (Å²) in [6.45, 7) is 7.54. The van der Waals surface area contributed by atoms with Crippen LogP contribution < -0.4 is 14.5 Å². The largest absolute Gasteiger partial charge is 0.507 e. The molecule has 0 bridgehead atoms. The number of likely N-dealkylation sites (N-methyl/N-ethyl adjacent to an activating group) is 1. The molecule has 2 fully saturated rings. The fraction of sp³-hybridized carbons (Fsp3) is 0.300. The Hall–Kier alpha value is -4.17. The summed E-state index contributed by atoms with van der Waals surface area (Å²) < 4.78 is 5.41. The number of ether oxygens (including phenoxy) is 1. The number of hydrogen-bond donors (Lipinski definition) is 1. The van der Waals surface area contributed by atoms with Crippen LogP contribution in [0, 0.1) is 13.8 Å². The summed E-state index contributed by atoms with van der Waals surface area (Å²) in [7, 11) is 3.70. The van der Waals surface area contributed by atoms with E-state index in [-0.39, 0.29) is 11.3 Å². The SMILES string of the molecule is COc1cc(C)c(/C(O)=C2\C(=O)C(=O)N(c3ccc(N4CCN(C)CC4)cc3)C2c2ccncc2)cc1C. The average molecular weight is 513 g/mol. The summed E-state index contributed by atoms with van der Waals surface area (Å²) in [5.41, 5.74) is 4.45. The predicted octanol–water partition coefficient (Wildman–Crippen LogP) is 4.09. The quantitative estimate of drug-likeness (QED) is 0.313. The van der Waals surface area contributed by atoms with Gasteiger partial charge in [-0.15, -0.1) is 0 Å². The van der Waals surface area contributed by atoms with Gasteiger partial charge in [0.25, 0.3) is 11.7 Å². The Labute approximate surface area is 222 Å². The molecule has 2 aliphatic heterocycles. The molecule has 0 saturated carbocycles. The van der Waals surface area contributed by atoms with Crippen LogP contribution >= 0.6 is 0 Å². The molecule has 0 spiro atoms. The van der Waals surface area contributed by atoms with E-state index in [0.29, 0.717) is 22.6 Å². The third kappa shape index (κ3) is 4.52. The van der Waals surface area contributed by atoms with Gasteiger partial charge in [0.15, 0.2) is 0 Å². The van der Waals surface area contributed by atoms with Gasteiger partial charge in [0, 0.05) is 55.5 Å². The first-order valence-electron chi connectivity index (χ1n) is 12.7. The minimum atomic E-state index is -0.797. The lowest BCUT2D eigenvalue weighted by Crippen LogP contribution is -2.44. The minimum absolute atomic E-state index is 0.0528. The van der Waals surface area contributed by atoms with E-state index in [1.807, 2.05) is 44.2 Å². The number of aromatic nitrogens is 1. The highest BCUT2D eigenvalue weighted by Crippen LogP contribution is 2.43. The van der Waals surface area contributed by atoms with Gasteiger partial charge in [-0.3, -0.25) is 19.5 Å². The molecule has 3 aromatic rings. The van der Waals surface area contributed by atoms with Gasteiger partial charge >= 0.3 is 0 Å². The van der Waals surface area contributed by atoms with Gasteiger partial charge in [-0.1, -0.05) is 0 Å². The number of aliphatic hydroxyl groups is 1. The van der Waals surface area contributed by atoms with Crippen LogP contribution in [0.4, 0.5) is 11.4 Å². The number of amides is 1. The number of pyridine rings is 1. The lowest BCUT2D eigenvalue weighted by atomic mass is 9.93. The Balaban J connectivity index is 1.59. The van der Waals surface area contributed by atoms with Gasteiger partial charge in [0.1, 0.15) is 11.5 Å². The number of aliphatic hydroxyl groups excluding tert-OH is 1. The maximum Gasteiger partial charge on any atom is 0.300 e. The molecule has 8 nitrogen and oxygen atoms in total. The van der Waals surface area contributed by atoms with Crippen molar-refractivity contribution in [1.82, 2.24) is 9.88 Å². The highest BCUT2D eigenvalue weighted by atomic mass is 16.5. The standard InChI is InChI=1S/C30H32N4O4/c1-19-18-25(38-4)20(2)17-24(19)28(35)26-27(21-9-11-31-12-10-21)34(30(37)29(26)36)23-7-5-22(6-8-23)33-15-13-32(3)14-16-33/h5-12,17-18,27,35H,13-16H2,1-4H3/b28-26+. The van der Waals surface area contributed by atoms with Crippen molar-refractivity contribution in [2.45, 2.75) is 19.9 Å². The molecule has 0 radical (unpaired) electrons. The Morgan fingerprint density at radius 1 is 0.921 bits per heavy atom. The number of carbonyl (C=O) groups is 2. The molecule has 196 valence electrons. The summed E-state index contributed by atoms with van der Waals surface area (Å²) in [4.78, 5) is 37.2. The van der Waals surface area contributed by atoms with Crippen LogP contribution in [0.15, 0.2) is 66.5 Å². The van der Waals surface area contributed by atoms with E-state index in [9.17, 15) is 14.7 Å². The van der Waals surface area contributed by atoms with Crippen molar-refractivity contribution in [1.29, 1.82) is 0 Å². The van der Waals surface area contributed by atoms with E-state index in [2.05, 4.69) is 21.8 Å². The van der Waals surface area contributed by atoms with Gasteiger partial charge in [-0.2, -0.15) is 0 Å². The lowest BCUT2D eigenvalue weighted by Gasteiger charge is -2.34. The summed E-state index contributed by atoms with van der Waals surface area (Å²) in [5, 5.41) is 11.5. The van der Waals surface area contributed by atoms with Crippen molar-refractivity contribution in [3.8, 4) is 5.75 Å². The molecule has 0 aliphatic carbocycles. The smallest absolute Gasteiger partial charge is 0.300 e. The normalized spacial score (nSPS) is 19.7. The predicted molar refractivity (Wildman–Crippen MR) is 148 cm³/mol. The first-order valence-corrected chi connectivity index (χ1v) is 12.7. The second-order valence-electron chi connectivity index (χ2n) is 9.89. The fourth-order valence-electron chi connectivity index (χ4n) is 5.26. The second-order valence-corrected chi connectivity index (χ2v) is 9.89. The highest BCUT2D eigenvalue weighted by molar-refractivity contribution is 6.51. The highest BCUT2D eigenvalue weighted by Gasteiger charge is 2.47. The Bertz CT molecular complexity index is 1390. The Kier molecular flexibility index (Phi) is 6.91. The Morgan fingerprint density at radius 3 is 2.18 bits per heavy atom. The van der Waals surface area contributed by atoms with Crippen molar-refractivity contribution in [3.05, 3.63) is 88.8 Å². The number of nitrogens with zero attached hydrogens (tertiary/aromatic N) is 4. The number of Topliss-reactive ketones (excluding diaryl/α,β-unsaturated/α-hetero) is 1. The van der Waals surface area contributed by atoms with Crippen molar-refractivity contribution >= 4 is 28.8 Å². The zero-order valence-corrected chi connectivity index (χ0v) is 22.1. The van der Waals surface area contributed by atoms with Gasteiger partial charge in [-0.25, -0.2) is 0 Å². The molecule has 2 aromatic carbocycles. The van der Waals surface area contributed by atoms with E-state index < -0.39 is 17.7 Å². The number of rotatable bonds is 5. The molecule has 1 N–H and O–H groups in total. The van der Waals surface area contributed by atoms with Gasteiger partial charge in [0.05, 0.1) is 18.7 Å². The van der Waals surface area contributed by atoms with Crippen LogP contribution in [-0.2, 0) is 9.59 Å². The van der Waals surface area contributed by atoms with Crippen LogP contribution in [0.2, 0.25) is 0 Å². The van der Waals surface area contributed by atoms with Crippen molar-refractivity contribution in [3.63, 3.8) is 0 Å². The summed E-state index contributed by atoms with van der Waals surface area (Å²) >= 11 is 0. The topological polar surface area (TPSA) is 86.2 Å². The van der Waals surface area contributed by atoms with Crippen molar-refractivity contribution < 1.29 is 19.4 Å². The van der Waals surface area contributed by atoms with Crippen LogP contribution in [0.5, 0.6) is 5.75 Å². The van der Waals surface area contributed by atoms with Gasteiger partial charge in [0.2, 0.25) is 0 Å². The summed E-state index contributed by atoms with van der Waals surface area (Å²) in [6, 6.07) is 14.1. The lowest BCUT2D eigenvalue weighted by molar-refractivity contribution is -0.132. The molecule has 3 heterocycles. The Morgan fingerprint density at radius 2 is 1.55 bits per heavy atom. The maximum absolute atomic E-state index is 13.5. The molecular formula is C30H32N4O4. The number of carbonyl (C=O) groups excluding carboxylic acids is 2. The number of benzene rings is 2. The minimum Gasteiger partial charge on any atom is -0.507 e. The number of ketones is 1. The van der Waals surface area contributed by atoms with Crippen LogP contribution in [0.25, 0.3) is 5.76 Å². The molecule has 1 atom stereocenters. The molecule has 1 unspecified atom stereocenters.